The molecule has 1 aromatic heterocycles. The van der Waals surface area contributed by atoms with Crippen molar-refractivity contribution < 1.29 is 9.59 Å². The normalized spacial score (nSPS) is 13.4. The molecule has 142 valence electrons. The van der Waals surface area contributed by atoms with Gasteiger partial charge in [0.25, 0.3) is 17.4 Å². The van der Waals surface area contributed by atoms with Crippen LogP contribution in [0.5, 0.6) is 0 Å². The van der Waals surface area contributed by atoms with Gasteiger partial charge in [-0.1, -0.05) is 30.3 Å². The molecular weight excluding hydrogens is 352 g/mol. The van der Waals surface area contributed by atoms with Crippen molar-refractivity contribution in [3.63, 3.8) is 0 Å². The summed E-state index contributed by atoms with van der Waals surface area (Å²) in [6, 6.07) is 14.6. The molecule has 1 aliphatic heterocycles. The summed E-state index contributed by atoms with van der Waals surface area (Å²) in [6.07, 6.45) is 1.36. The van der Waals surface area contributed by atoms with Gasteiger partial charge in [0.15, 0.2) is 0 Å². The van der Waals surface area contributed by atoms with E-state index >= 15 is 0 Å². The second kappa shape index (κ2) is 7.08. The van der Waals surface area contributed by atoms with Crippen molar-refractivity contribution >= 4 is 22.7 Å². The predicted molar refractivity (Wildman–Crippen MR) is 109 cm³/mol. The molecule has 0 spiro atoms. The van der Waals surface area contributed by atoms with Crippen molar-refractivity contribution in [1.82, 2.24) is 9.47 Å². The molecule has 1 aliphatic rings. The molecule has 2 amide bonds. The highest BCUT2D eigenvalue weighted by Gasteiger charge is 2.34. The van der Waals surface area contributed by atoms with Gasteiger partial charge in [0.1, 0.15) is 0 Å². The number of nitrogens with zero attached hydrogens (tertiary/aromatic N) is 2. The maximum absolute atomic E-state index is 12.6. The number of carbonyl (C=O) groups excluding carboxylic acids is 2. The van der Waals surface area contributed by atoms with E-state index in [0.29, 0.717) is 37.1 Å². The Bertz CT molecular complexity index is 1130. The van der Waals surface area contributed by atoms with E-state index in [4.69, 9.17) is 0 Å². The average molecular weight is 374 g/mol. The van der Waals surface area contributed by atoms with Crippen molar-refractivity contribution in [1.29, 1.82) is 0 Å². The summed E-state index contributed by atoms with van der Waals surface area (Å²) < 4.78 is 1.81. The molecule has 3 aromatic rings. The van der Waals surface area contributed by atoms with Gasteiger partial charge in [0, 0.05) is 24.5 Å². The maximum atomic E-state index is 12.6. The zero-order chi connectivity index (χ0) is 19.8. The van der Waals surface area contributed by atoms with Crippen molar-refractivity contribution in [2.24, 2.45) is 0 Å². The third-order valence-corrected chi connectivity index (χ3v) is 5.43. The Morgan fingerprint density at radius 2 is 1.39 bits per heavy atom. The quantitative estimate of drug-likeness (QED) is 0.505. The van der Waals surface area contributed by atoms with Gasteiger partial charge in [0.2, 0.25) is 0 Å². The average Bonchev–Trinajstić information content (AvgIpc) is 2.92. The Morgan fingerprint density at radius 1 is 0.750 bits per heavy atom. The molecule has 28 heavy (non-hydrogen) atoms. The van der Waals surface area contributed by atoms with E-state index in [9.17, 15) is 14.4 Å². The van der Waals surface area contributed by atoms with Crippen LogP contribution < -0.4 is 5.56 Å². The Hall–Kier alpha value is -3.21. The molecule has 4 rings (SSSR count). The number of unbranched alkanes of at least 4 members (excludes halogenated alkanes) is 1. The number of aryl methyl sites for hydroxylation is 3. The lowest BCUT2D eigenvalue weighted by Crippen LogP contribution is -2.31. The molecule has 0 saturated heterocycles. The molecule has 0 N–H and O–H groups in total. The number of hydrogen-bond donors (Lipinski definition) is 0. The number of para-hydroxylation sites is 1. The van der Waals surface area contributed by atoms with Crippen LogP contribution >= 0.6 is 0 Å². The minimum atomic E-state index is -0.227. The standard InChI is InChI=1S/C23H22N2O3/c1-15-8-7-11-17-16(2)14-20(26)24(21(15)17)12-5-6-13-25-22(27)18-9-3-4-10-19(18)23(25)28/h3-4,7-11,14H,5-6,12-13H2,1-2H3. The smallest absolute Gasteiger partial charge is 0.261 e. The summed E-state index contributed by atoms with van der Waals surface area (Å²) in [5.41, 5.74) is 3.95. The number of carbonyl (C=O) groups is 2. The molecule has 2 aromatic carbocycles. The molecule has 0 atom stereocenters. The first-order valence-corrected chi connectivity index (χ1v) is 9.54. The number of benzene rings is 2. The SMILES string of the molecule is Cc1cc(=O)n(CCCCN2C(=O)c3ccccc3C2=O)c2c(C)cccc12. The van der Waals surface area contributed by atoms with Gasteiger partial charge in [-0.15, -0.1) is 0 Å². The molecule has 0 saturated carbocycles. The highest BCUT2D eigenvalue weighted by molar-refractivity contribution is 6.21. The zero-order valence-corrected chi connectivity index (χ0v) is 16.1. The molecule has 5 heteroatoms. The van der Waals surface area contributed by atoms with Crippen molar-refractivity contribution in [2.75, 3.05) is 6.54 Å². The van der Waals surface area contributed by atoms with Gasteiger partial charge in [-0.25, -0.2) is 0 Å². The van der Waals surface area contributed by atoms with Crippen molar-refractivity contribution in [3.05, 3.63) is 81.1 Å². The summed E-state index contributed by atoms with van der Waals surface area (Å²) in [4.78, 5) is 38.7. The Balaban J connectivity index is 1.48. The fraction of sp³-hybridized carbons (Fsp3) is 0.261. The molecule has 0 aliphatic carbocycles. The number of amides is 2. The number of hydrogen-bond acceptors (Lipinski definition) is 3. The molecule has 0 bridgehead atoms. The van der Waals surface area contributed by atoms with E-state index in [2.05, 4.69) is 0 Å². The number of aromatic nitrogens is 1. The van der Waals surface area contributed by atoms with Crippen LogP contribution in [-0.2, 0) is 6.54 Å². The van der Waals surface area contributed by atoms with E-state index in [1.165, 1.54) is 4.90 Å². The minimum Gasteiger partial charge on any atom is -0.308 e. The molecule has 5 nitrogen and oxygen atoms in total. The van der Waals surface area contributed by atoms with Crippen LogP contribution in [0.1, 0.15) is 44.7 Å². The van der Waals surface area contributed by atoms with Crippen LogP contribution in [-0.4, -0.2) is 27.8 Å². The predicted octanol–water partition coefficient (Wildman–Crippen LogP) is 3.69. The number of rotatable bonds is 5. The Kier molecular flexibility index (Phi) is 4.59. The third kappa shape index (κ3) is 2.93. The van der Waals surface area contributed by atoms with Gasteiger partial charge in [-0.3, -0.25) is 19.3 Å². The fourth-order valence-corrected chi connectivity index (χ4v) is 3.99. The lowest BCUT2D eigenvalue weighted by molar-refractivity contribution is 0.0651. The zero-order valence-electron chi connectivity index (χ0n) is 16.1. The van der Waals surface area contributed by atoms with Gasteiger partial charge >= 0.3 is 0 Å². The van der Waals surface area contributed by atoms with E-state index in [-0.39, 0.29) is 17.4 Å². The molecule has 2 heterocycles. The highest BCUT2D eigenvalue weighted by Crippen LogP contribution is 2.23. The first-order chi connectivity index (χ1) is 13.5. The monoisotopic (exact) mass is 374 g/mol. The third-order valence-electron chi connectivity index (χ3n) is 5.43. The largest absolute Gasteiger partial charge is 0.308 e. The van der Waals surface area contributed by atoms with Crippen LogP contribution in [0.4, 0.5) is 0 Å². The van der Waals surface area contributed by atoms with Gasteiger partial charge in [-0.2, -0.15) is 0 Å². The van der Waals surface area contributed by atoms with Crippen LogP contribution in [0, 0.1) is 13.8 Å². The van der Waals surface area contributed by atoms with Crippen LogP contribution in [0.3, 0.4) is 0 Å². The van der Waals surface area contributed by atoms with E-state index in [0.717, 1.165) is 22.0 Å². The Labute approximate surface area is 163 Å². The molecule has 0 fully saturated rings. The molecule has 0 unspecified atom stereocenters. The maximum Gasteiger partial charge on any atom is 0.261 e. The first kappa shape index (κ1) is 18.2. The number of pyridine rings is 1. The summed E-state index contributed by atoms with van der Waals surface area (Å²) in [5, 5.41) is 1.08. The topological polar surface area (TPSA) is 59.4 Å². The van der Waals surface area contributed by atoms with Gasteiger partial charge in [0.05, 0.1) is 16.6 Å². The fourth-order valence-electron chi connectivity index (χ4n) is 3.99. The Morgan fingerprint density at radius 3 is 2.07 bits per heavy atom. The first-order valence-electron chi connectivity index (χ1n) is 9.54. The van der Waals surface area contributed by atoms with Crippen LogP contribution in [0.2, 0.25) is 0 Å². The van der Waals surface area contributed by atoms with E-state index in [1.54, 1.807) is 34.9 Å². The van der Waals surface area contributed by atoms with E-state index in [1.807, 2.05) is 32.0 Å². The second-order valence-corrected chi connectivity index (χ2v) is 7.30. The van der Waals surface area contributed by atoms with Crippen molar-refractivity contribution in [3.8, 4) is 0 Å². The summed E-state index contributed by atoms with van der Waals surface area (Å²) >= 11 is 0. The minimum absolute atomic E-state index is 0.0139. The van der Waals surface area contributed by atoms with Gasteiger partial charge in [-0.05, 0) is 49.9 Å². The number of imide groups is 1. The molecule has 0 radical (unpaired) electrons. The van der Waals surface area contributed by atoms with Crippen LogP contribution in [0.15, 0.2) is 53.3 Å². The summed E-state index contributed by atoms with van der Waals surface area (Å²) in [5.74, 6) is -0.455. The van der Waals surface area contributed by atoms with Gasteiger partial charge < -0.3 is 4.57 Å². The second-order valence-electron chi connectivity index (χ2n) is 7.30. The lowest BCUT2D eigenvalue weighted by Gasteiger charge is -2.16. The van der Waals surface area contributed by atoms with E-state index < -0.39 is 0 Å². The number of fused-ring (bicyclic) bond motifs is 2. The lowest BCUT2D eigenvalue weighted by atomic mass is 10.1. The molecular formula is C23H22N2O3. The van der Waals surface area contributed by atoms with Crippen LogP contribution in [0.25, 0.3) is 10.9 Å². The summed E-state index contributed by atoms with van der Waals surface area (Å²) in [6.45, 7) is 4.89. The van der Waals surface area contributed by atoms with Crippen molar-refractivity contribution in [2.45, 2.75) is 33.2 Å². The highest BCUT2D eigenvalue weighted by atomic mass is 16.2. The summed E-state index contributed by atoms with van der Waals surface area (Å²) in [7, 11) is 0.